The van der Waals surface area contributed by atoms with E-state index in [2.05, 4.69) is 4.98 Å². The zero-order valence-electron chi connectivity index (χ0n) is 9.13. The molecule has 0 aliphatic rings. The molecule has 1 N–H and O–H groups in total. The van der Waals surface area contributed by atoms with Gasteiger partial charge in [0.15, 0.2) is 0 Å². The summed E-state index contributed by atoms with van der Waals surface area (Å²) in [6, 6.07) is 0. The summed E-state index contributed by atoms with van der Waals surface area (Å²) in [5.41, 5.74) is 0. The van der Waals surface area contributed by atoms with Crippen LogP contribution in [-0.4, -0.2) is 45.7 Å². The fourth-order valence-electron chi connectivity index (χ4n) is 1.34. The van der Waals surface area contributed by atoms with Gasteiger partial charge in [-0.05, 0) is 7.05 Å². The first-order chi connectivity index (χ1) is 7.09. The molecule has 1 atom stereocenters. The van der Waals surface area contributed by atoms with Crippen LogP contribution >= 0.6 is 0 Å². The number of hydrogen-bond donors (Lipinski definition) is 1. The molecule has 0 bridgehead atoms. The number of carboxylic acid groups (broad SMARTS) is 1. The molecule has 84 valence electrons. The van der Waals surface area contributed by atoms with Gasteiger partial charge in [-0.15, -0.1) is 0 Å². The van der Waals surface area contributed by atoms with E-state index in [0.29, 0.717) is 6.54 Å². The average molecular weight is 211 g/mol. The summed E-state index contributed by atoms with van der Waals surface area (Å²) < 4.78 is 1.97. The lowest BCUT2D eigenvalue weighted by Crippen LogP contribution is -2.30. The van der Waals surface area contributed by atoms with Crippen LogP contribution in [0.1, 0.15) is 6.92 Å². The molecule has 1 aromatic rings. The van der Waals surface area contributed by atoms with Crippen molar-refractivity contribution in [2.45, 2.75) is 13.5 Å². The van der Waals surface area contributed by atoms with Crippen molar-refractivity contribution in [3.63, 3.8) is 0 Å². The number of likely N-dealkylation sites (N-methyl/N-ethyl adjacent to an activating group) is 1. The number of carboxylic acids is 1. The highest BCUT2D eigenvalue weighted by atomic mass is 16.4. The van der Waals surface area contributed by atoms with Gasteiger partial charge in [-0.3, -0.25) is 4.79 Å². The minimum absolute atomic E-state index is 0.321. The zero-order chi connectivity index (χ0) is 11.3. The highest BCUT2D eigenvalue weighted by Gasteiger charge is 2.12. The Morgan fingerprint density at radius 1 is 1.67 bits per heavy atom. The monoisotopic (exact) mass is 211 g/mol. The third-order valence-corrected chi connectivity index (χ3v) is 2.31. The Hall–Kier alpha value is -1.36. The number of aromatic nitrogens is 2. The van der Waals surface area contributed by atoms with Gasteiger partial charge in [-0.2, -0.15) is 0 Å². The Kier molecular flexibility index (Phi) is 4.30. The molecule has 0 aliphatic heterocycles. The standard InChI is InChI=1S/C10H17N3O2/c1-9(10(14)15)7-12(2)5-6-13-4-3-11-8-13/h3-4,8-9H,5-7H2,1-2H3,(H,14,15). The van der Waals surface area contributed by atoms with Crippen LogP contribution in [0.5, 0.6) is 0 Å². The second-order valence-electron chi connectivity index (χ2n) is 3.80. The fourth-order valence-corrected chi connectivity index (χ4v) is 1.34. The molecule has 1 heterocycles. The van der Waals surface area contributed by atoms with E-state index in [9.17, 15) is 4.79 Å². The molecule has 1 rings (SSSR count). The van der Waals surface area contributed by atoms with Gasteiger partial charge in [0.05, 0.1) is 12.2 Å². The zero-order valence-corrected chi connectivity index (χ0v) is 9.13. The summed E-state index contributed by atoms with van der Waals surface area (Å²) in [6.45, 7) is 3.96. The molecule has 0 aromatic carbocycles. The minimum atomic E-state index is -0.746. The summed E-state index contributed by atoms with van der Waals surface area (Å²) in [6.07, 6.45) is 5.39. The second kappa shape index (κ2) is 5.50. The Bertz CT molecular complexity index is 298. The van der Waals surface area contributed by atoms with Crippen LogP contribution in [0.2, 0.25) is 0 Å². The van der Waals surface area contributed by atoms with E-state index in [0.717, 1.165) is 13.1 Å². The van der Waals surface area contributed by atoms with E-state index in [1.165, 1.54) is 0 Å². The van der Waals surface area contributed by atoms with E-state index in [-0.39, 0.29) is 5.92 Å². The van der Waals surface area contributed by atoms with Crippen molar-refractivity contribution >= 4 is 5.97 Å². The normalized spacial score (nSPS) is 13.0. The minimum Gasteiger partial charge on any atom is -0.481 e. The van der Waals surface area contributed by atoms with Crippen molar-refractivity contribution in [3.05, 3.63) is 18.7 Å². The van der Waals surface area contributed by atoms with E-state index < -0.39 is 5.97 Å². The highest BCUT2D eigenvalue weighted by Crippen LogP contribution is 1.98. The number of carbonyl (C=O) groups is 1. The summed E-state index contributed by atoms with van der Waals surface area (Å²) in [7, 11) is 1.93. The fraction of sp³-hybridized carbons (Fsp3) is 0.600. The van der Waals surface area contributed by atoms with Crippen LogP contribution in [-0.2, 0) is 11.3 Å². The van der Waals surface area contributed by atoms with Gasteiger partial charge in [0.2, 0.25) is 0 Å². The van der Waals surface area contributed by atoms with Gasteiger partial charge in [-0.25, -0.2) is 4.98 Å². The maximum atomic E-state index is 10.6. The van der Waals surface area contributed by atoms with E-state index in [4.69, 9.17) is 5.11 Å². The highest BCUT2D eigenvalue weighted by molar-refractivity contribution is 5.69. The van der Waals surface area contributed by atoms with Gasteiger partial charge >= 0.3 is 5.97 Å². The van der Waals surface area contributed by atoms with Gasteiger partial charge in [0.1, 0.15) is 0 Å². The molecule has 5 nitrogen and oxygen atoms in total. The lowest BCUT2D eigenvalue weighted by Gasteiger charge is -2.18. The molecular weight excluding hydrogens is 194 g/mol. The lowest BCUT2D eigenvalue weighted by atomic mass is 10.2. The SMILES string of the molecule is CC(CN(C)CCn1ccnc1)C(=O)O. The van der Waals surface area contributed by atoms with Crippen molar-refractivity contribution in [2.24, 2.45) is 5.92 Å². The van der Waals surface area contributed by atoms with E-state index in [1.54, 1.807) is 19.4 Å². The third kappa shape index (κ3) is 4.12. The number of nitrogens with zero attached hydrogens (tertiary/aromatic N) is 3. The van der Waals surface area contributed by atoms with E-state index in [1.807, 2.05) is 22.7 Å². The quantitative estimate of drug-likeness (QED) is 0.746. The first-order valence-electron chi connectivity index (χ1n) is 4.96. The number of imidazole rings is 1. The Morgan fingerprint density at radius 3 is 2.93 bits per heavy atom. The van der Waals surface area contributed by atoms with Gasteiger partial charge in [0, 0.05) is 32.0 Å². The summed E-state index contributed by atoms with van der Waals surface area (Å²) in [5.74, 6) is -1.07. The molecule has 1 unspecified atom stereocenters. The van der Waals surface area contributed by atoms with E-state index >= 15 is 0 Å². The molecule has 0 saturated heterocycles. The summed E-state index contributed by atoms with van der Waals surface area (Å²) >= 11 is 0. The Balaban J connectivity index is 2.24. The molecule has 0 saturated carbocycles. The van der Waals surface area contributed by atoms with Crippen LogP contribution in [0.25, 0.3) is 0 Å². The molecule has 0 spiro atoms. The predicted molar refractivity (Wildman–Crippen MR) is 56.5 cm³/mol. The van der Waals surface area contributed by atoms with Gasteiger partial charge in [-0.1, -0.05) is 6.92 Å². The van der Waals surface area contributed by atoms with Crippen LogP contribution in [0, 0.1) is 5.92 Å². The summed E-state index contributed by atoms with van der Waals surface area (Å²) in [4.78, 5) is 16.6. The van der Waals surface area contributed by atoms with Crippen LogP contribution in [0.3, 0.4) is 0 Å². The molecule has 0 amide bonds. The predicted octanol–water partition coefficient (Wildman–Crippen LogP) is 0.536. The number of hydrogen-bond acceptors (Lipinski definition) is 3. The molecule has 1 aromatic heterocycles. The molecule has 0 radical (unpaired) electrons. The molecule has 0 fully saturated rings. The third-order valence-electron chi connectivity index (χ3n) is 2.31. The van der Waals surface area contributed by atoms with Crippen molar-refractivity contribution in [2.75, 3.05) is 20.1 Å². The first-order valence-corrected chi connectivity index (χ1v) is 4.96. The summed E-state index contributed by atoms with van der Waals surface area (Å²) in [5, 5.41) is 8.74. The number of rotatable bonds is 6. The molecule has 0 aliphatic carbocycles. The first kappa shape index (κ1) is 11.7. The maximum Gasteiger partial charge on any atom is 0.307 e. The van der Waals surface area contributed by atoms with Crippen molar-refractivity contribution in [1.82, 2.24) is 14.5 Å². The van der Waals surface area contributed by atoms with Crippen molar-refractivity contribution in [3.8, 4) is 0 Å². The smallest absolute Gasteiger partial charge is 0.307 e. The Morgan fingerprint density at radius 2 is 2.40 bits per heavy atom. The lowest BCUT2D eigenvalue weighted by molar-refractivity contribution is -0.141. The van der Waals surface area contributed by atoms with Crippen LogP contribution in [0.4, 0.5) is 0 Å². The van der Waals surface area contributed by atoms with Crippen molar-refractivity contribution in [1.29, 1.82) is 0 Å². The topological polar surface area (TPSA) is 58.4 Å². The number of aliphatic carboxylic acids is 1. The van der Waals surface area contributed by atoms with Crippen molar-refractivity contribution < 1.29 is 9.90 Å². The Labute approximate surface area is 89.3 Å². The largest absolute Gasteiger partial charge is 0.481 e. The maximum absolute atomic E-state index is 10.6. The van der Waals surface area contributed by atoms with Crippen LogP contribution < -0.4 is 0 Å². The second-order valence-corrected chi connectivity index (χ2v) is 3.80. The van der Waals surface area contributed by atoms with Crippen LogP contribution in [0.15, 0.2) is 18.7 Å². The van der Waals surface area contributed by atoms with Gasteiger partial charge < -0.3 is 14.6 Å². The molecule has 5 heteroatoms. The molecule has 15 heavy (non-hydrogen) atoms. The van der Waals surface area contributed by atoms with Gasteiger partial charge in [0.25, 0.3) is 0 Å². The average Bonchev–Trinajstić information content (AvgIpc) is 2.66. The molecular formula is C10H17N3O2.